The number of urea groups is 1. The van der Waals surface area contributed by atoms with E-state index in [2.05, 4.69) is 28.8 Å². The monoisotopic (exact) mass is 382 g/mol. The van der Waals surface area contributed by atoms with Crippen LogP contribution in [0.1, 0.15) is 49.3 Å². The summed E-state index contributed by atoms with van der Waals surface area (Å²) in [6, 6.07) is 8.81. The first-order valence-corrected chi connectivity index (χ1v) is 9.22. The molecule has 1 saturated heterocycles. The predicted octanol–water partition coefficient (Wildman–Crippen LogP) is 3.50. The molecule has 2 heterocycles. The summed E-state index contributed by atoms with van der Waals surface area (Å²) < 4.78 is 7.34. The quantitative estimate of drug-likeness (QED) is 0.635. The van der Waals surface area contributed by atoms with E-state index in [-0.39, 0.29) is 0 Å². The molecule has 3 rings (SSSR count). The van der Waals surface area contributed by atoms with Gasteiger partial charge in [-0.25, -0.2) is 4.79 Å². The molecule has 1 fully saturated rings. The van der Waals surface area contributed by atoms with Crippen LogP contribution in [-0.2, 0) is 10.3 Å². The molecule has 7 heteroatoms. The van der Waals surface area contributed by atoms with E-state index in [0.717, 1.165) is 22.0 Å². The van der Waals surface area contributed by atoms with Gasteiger partial charge in [-0.3, -0.25) is 4.79 Å². The van der Waals surface area contributed by atoms with E-state index in [4.69, 9.17) is 4.74 Å². The van der Waals surface area contributed by atoms with E-state index in [9.17, 15) is 9.59 Å². The zero-order chi connectivity index (χ0) is 20.6. The van der Waals surface area contributed by atoms with Crippen LogP contribution in [0, 0.1) is 13.8 Å². The zero-order valence-electron chi connectivity index (χ0n) is 17.1. The Morgan fingerprint density at radius 2 is 1.82 bits per heavy atom. The van der Waals surface area contributed by atoms with Crippen molar-refractivity contribution in [2.45, 2.75) is 46.2 Å². The molecule has 28 heavy (non-hydrogen) atoms. The lowest BCUT2D eigenvalue weighted by molar-refractivity contribution is -0.131. The molecule has 0 spiro atoms. The molecule has 7 nitrogen and oxygen atoms in total. The number of carbonyl (C=O) groups excluding carboxylic acids is 2. The number of amides is 3. The van der Waals surface area contributed by atoms with Crippen LogP contribution in [0.25, 0.3) is 0 Å². The van der Waals surface area contributed by atoms with E-state index >= 15 is 0 Å². The summed E-state index contributed by atoms with van der Waals surface area (Å²) in [5, 5.41) is 7.84. The van der Waals surface area contributed by atoms with Crippen molar-refractivity contribution in [3.63, 3.8) is 0 Å². The second-order valence-corrected chi connectivity index (χ2v) is 7.44. The number of hydrogen-bond donors (Lipinski definition) is 1. The smallest absolute Gasteiger partial charge is 0.346 e. The molecule has 1 atom stereocenters. The summed E-state index contributed by atoms with van der Waals surface area (Å²) in [6.07, 6.45) is 1.57. The highest BCUT2D eigenvalue weighted by Crippen LogP contribution is 2.30. The molecule has 0 saturated carbocycles. The van der Waals surface area contributed by atoms with Crippen LogP contribution < -0.4 is 10.1 Å². The number of carbonyl (C=O) groups is 2. The maximum Gasteiger partial charge on any atom is 0.346 e. The molecule has 1 aliphatic heterocycles. The lowest BCUT2D eigenvalue weighted by Crippen LogP contribution is -2.40. The highest BCUT2D eigenvalue weighted by atomic mass is 16.5. The van der Waals surface area contributed by atoms with Crippen LogP contribution in [0.2, 0.25) is 0 Å². The van der Waals surface area contributed by atoms with Gasteiger partial charge >= 0.3 is 6.03 Å². The molecular formula is C21H26N4O3. The third-order valence-corrected chi connectivity index (χ3v) is 5.19. The van der Waals surface area contributed by atoms with Crippen molar-refractivity contribution in [2.24, 2.45) is 5.10 Å². The molecule has 3 amide bonds. The average Bonchev–Trinajstić information content (AvgIpc) is 3.06. The van der Waals surface area contributed by atoms with Gasteiger partial charge < -0.3 is 14.6 Å². The molecule has 148 valence electrons. The molecule has 1 aromatic carbocycles. The van der Waals surface area contributed by atoms with E-state index in [1.165, 1.54) is 0 Å². The second-order valence-electron chi connectivity index (χ2n) is 7.44. The molecule has 1 aliphatic rings. The third kappa shape index (κ3) is 3.17. The summed E-state index contributed by atoms with van der Waals surface area (Å²) >= 11 is 0. The SMILES string of the molecule is COc1ccc([C@]2(C)NC(=O)N(/N=C\c3cc(C)n(C(C)C)c3C)C2=O)cc1. The number of hydrazone groups is 1. The molecule has 1 N–H and O–H groups in total. The fourth-order valence-corrected chi connectivity index (χ4v) is 3.70. The third-order valence-electron chi connectivity index (χ3n) is 5.19. The van der Waals surface area contributed by atoms with Gasteiger partial charge in [0.1, 0.15) is 11.3 Å². The van der Waals surface area contributed by atoms with Crippen molar-refractivity contribution in [2.75, 3.05) is 7.11 Å². The van der Waals surface area contributed by atoms with E-state index in [1.807, 2.05) is 19.9 Å². The Balaban J connectivity index is 1.88. The van der Waals surface area contributed by atoms with Crippen molar-refractivity contribution in [1.29, 1.82) is 0 Å². The van der Waals surface area contributed by atoms with Gasteiger partial charge in [0, 0.05) is 23.0 Å². The van der Waals surface area contributed by atoms with Crippen molar-refractivity contribution in [3.05, 3.63) is 52.8 Å². The summed E-state index contributed by atoms with van der Waals surface area (Å²) in [5.74, 6) is 0.260. The number of imide groups is 1. The fourth-order valence-electron chi connectivity index (χ4n) is 3.70. The fraction of sp³-hybridized carbons (Fsp3) is 0.381. The minimum absolute atomic E-state index is 0.317. The number of nitrogens with one attached hydrogen (secondary N) is 1. The van der Waals surface area contributed by atoms with E-state index < -0.39 is 17.5 Å². The molecule has 0 bridgehead atoms. The largest absolute Gasteiger partial charge is 0.497 e. The topological polar surface area (TPSA) is 75.9 Å². The summed E-state index contributed by atoms with van der Waals surface area (Å²) in [4.78, 5) is 25.4. The predicted molar refractivity (Wildman–Crippen MR) is 108 cm³/mol. The van der Waals surface area contributed by atoms with E-state index in [0.29, 0.717) is 17.4 Å². The molecule has 0 aliphatic carbocycles. The first-order valence-electron chi connectivity index (χ1n) is 9.22. The molecular weight excluding hydrogens is 356 g/mol. The average molecular weight is 382 g/mol. The molecule has 0 radical (unpaired) electrons. The Labute approximate surface area is 165 Å². The van der Waals surface area contributed by atoms with Gasteiger partial charge in [-0.2, -0.15) is 5.10 Å². The van der Waals surface area contributed by atoms with Crippen LogP contribution in [0.4, 0.5) is 4.79 Å². The van der Waals surface area contributed by atoms with Gasteiger partial charge in [-0.1, -0.05) is 12.1 Å². The second kappa shape index (κ2) is 7.14. The highest BCUT2D eigenvalue weighted by Gasteiger charge is 2.49. The Kier molecular flexibility index (Phi) is 5.02. The number of nitrogens with zero attached hydrogens (tertiary/aromatic N) is 3. The Morgan fingerprint density at radius 1 is 1.18 bits per heavy atom. The van der Waals surface area contributed by atoms with Crippen molar-refractivity contribution >= 4 is 18.2 Å². The van der Waals surface area contributed by atoms with Crippen LogP contribution in [0.5, 0.6) is 5.75 Å². The maximum atomic E-state index is 13.0. The van der Waals surface area contributed by atoms with Crippen molar-refractivity contribution in [1.82, 2.24) is 14.9 Å². The van der Waals surface area contributed by atoms with Gasteiger partial charge in [0.25, 0.3) is 5.91 Å². The van der Waals surface area contributed by atoms with Gasteiger partial charge in [-0.05, 0) is 58.4 Å². The van der Waals surface area contributed by atoms with Gasteiger partial charge in [0.15, 0.2) is 0 Å². The van der Waals surface area contributed by atoms with Crippen LogP contribution in [0.15, 0.2) is 35.4 Å². The Morgan fingerprint density at radius 3 is 2.36 bits per heavy atom. The van der Waals surface area contributed by atoms with Crippen LogP contribution in [-0.4, -0.2) is 34.8 Å². The van der Waals surface area contributed by atoms with Gasteiger partial charge in [0.2, 0.25) is 0 Å². The van der Waals surface area contributed by atoms with Crippen molar-refractivity contribution in [3.8, 4) is 5.75 Å². The van der Waals surface area contributed by atoms with Gasteiger partial charge in [-0.15, -0.1) is 5.01 Å². The maximum absolute atomic E-state index is 13.0. The Bertz CT molecular complexity index is 943. The number of aryl methyl sites for hydroxylation is 1. The molecule has 0 unspecified atom stereocenters. The number of methoxy groups -OCH3 is 1. The van der Waals surface area contributed by atoms with E-state index in [1.54, 1.807) is 44.5 Å². The number of rotatable bonds is 5. The normalized spacial score (nSPS) is 19.8. The van der Waals surface area contributed by atoms with Gasteiger partial charge in [0.05, 0.1) is 13.3 Å². The number of benzene rings is 1. The zero-order valence-corrected chi connectivity index (χ0v) is 17.1. The van der Waals surface area contributed by atoms with Crippen LogP contribution >= 0.6 is 0 Å². The molecule has 2 aromatic rings. The first-order chi connectivity index (χ1) is 13.2. The number of ether oxygens (including phenoxy) is 1. The summed E-state index contributed by atoms with van der Waals surface area (Å²) in [5.41, 5.74) is 2.53. The Hall–Kier alpha value is -3.09. The lowest BCUT2D eigenvalue weighted by Gasteiger charge is -2.21. The molecule has 1 aromatic heterocycles. The minimum Gasteiger partial charge on any atom is -0.497 e. The first kappa shape index (κ1) is 19.7. The number of aromatic nitrogens is 1. The summed E-state index contributed by atoms with van der Waals surface area (Å²) in [6.45, 7) is 9.92. The highest BCUT2D eigenvalue weighted by molar-refractivity contribution is 6.07. The van der Waals surface area contributed by atoms with Crippen LogP contribution in [0.3, 0.4) is 0 Å². The van der Waals surface area contributed by atoms with Crippen molar-refractivity contribution < 1.29 is 14.3 Å². The standard InChI is InChI=1S/C21H26N4O3/c1-13(2)24-14(3)11-16(15(24)4)12-22-25-19(26)21(5,23-20(25)27)17-7-9-18(28-6)10-8-17/h7-13H,1-6H3,(H,23,27)/b22-12-/t21-/m0/s1. The lowest BCUT2D eigenvalue weighted by atomic mass is 9.92. The summed E-state index contributed by atoms with van der Waals surface area (Å²) in [7, 11) is 1.58. The number of hydrogen-bond acceptors (Lipinski definition) is 4. The minimum atomic E-state index is -1.17.